The van der Waals surface area contributed by atoms with Crippen LogP contribution < -0.4 is 0 Å². The summed E-state index contributed by atoms with van der Waals surface area (Å²) in [4.78, 5) is 13.5. The molecule has 0 aromatic heterocycles. The number of nitrogens with zero attached hydrogens (tertiary/aromatic N) is 1. The van der Waals surface area contributed by atoms with E-state index < -0.39 is 11.5 Å². The Bertz CT molecular complexity index is 198. The molecule has 0 saturated carbocycles. The van der Waals surface area contributed by atoms with E-state index in [4.69, 9.17) is 0 Å². The van der Waals surface area contributed by atoms with Gasteiger partial charge in [-0.05, 0) is 39.3 Å². The third kappa shape index (κ3) is 4.12. The van der Waals surface area contributed by atoms with Gasteiger partial charge in [-0.25, -0.2) is 0 Å². The number of aliphatic carboxylic acids is 1. The van der Waals surface area contributed by atoms with Crippen LogP contribution in [0.3, 0.4) is 0 Å². The van der Waals surface area contributed by atoms with Gasteiger partial charge in [0, 0.05) is 0 Å². The highest BCUT2D eigenvalue weighted by Gasteiger charge is 2.36. The molecule has 1 atom stereocenters. The first kappa shape index (κ1) is 15.4. The Balaban J connectivity index is 4.60. The fraction of sp³-hybridized carbons (Fsp3) is 0.923. The van der Waals surface area contributed by atoms with E-state index in [9.17, 15) is 9.90 Å². The van der Waals surface area contributed by atoms with E-state index in [1.165, 1.54) is 0 Å². The Morgan fingerprint density at radius 1 is 1.12 bits per heavy atom. The second-order valence-corrected chi connectivity index (χ2v) is 4.63. The van der Waals surface area contributed by atoms with Gasteiger partial charge in [0.05, 0.1) is 0 Å². The summed E-state index contributed by atoms with van der Waals surface area (Å²) in [5.41, 5.74) is -0.690. The van der Waals surface area contributed by atoms with Crippen LogP contribution in [-0.4, -0.2) is 34.6 Å². The molecule has 0 aliphatic carbocycles. The van der Waals surface area contributed by atoms with Gasteiger partial charge in [0.25, 0.3) is 0 Å². The fourth-order valence-electron chi connectivity index (χ4n) is 1.81. The fourth-order valence-corrected chi connectivity index (χ4v) is 1.81. The highest BCUT2D eigenvalue weighted by atomic mass is 16.4. The van der Waals surface area contributed by atoms with Crippen LogP contribution in [0.5, 0.6) is 0 Å². The average Bonchev–Trinajstić information content (AvgIpc) is 2.28. The number of carboxylic acids is 1. The molecule has 0 saturated heterocycles. The van der Waals surface area contributed by atoms with Crippen molar-refractivity contribution in [2.75, 3.05) is 13.1 Å². The Morgan fingerprint density at radius 3 is 1.81 bits per heavy atom. The molecule has 3 heteroatoms. The van der Waals surface area contributed by atoms with Crippen molar-refractivity contribution in [3.63, 3.8) is 0 Å². The van der Waals surface area contributed by atoms with Crippen molar-refractivity contribution in [1.29, 1.82) is 0 Å². The molecule has 1 N–H and O–H groups in total. The average molecular weight is 229 g/mol. The standard InChI is InChI=1S/C13H27NO2/c1-5-8-10-14(11-9-6-2)13(4,7-3)12(15)16/h5-11H2,1-4H3,(H,15,16). The minimum Gasteiger partial charge on any atom is -0.480 e. The van der Waals surface area contributed by atoms with E-state index in [1.54, 1.807) is 0 Å². The molecule has 0 rings (SSSR count). The first-order valence-corrected chi connectivity index (χ1v) is 6.51. The Labute approximate surface area is 99.8 Å². The summed E-state index contributed by atoms with van der Waals surface area (Å²) >= 11 is 0. The maximum absolute atomic E-state index is 11.4. The van der Waals surface area contributed by atoms with Gasteiger partial charge in [-0.15, -0.1) is 0 Å². The van der Waals surface area contributed by atoms with E-state index in [0.29, 0.717) is 6.42 Å². The summed E-state index contributed by atoms with van der Waals surface area (Å²) in [5, 5.41) is 9.36. The van der Waals surface area contributed by atoms with Crippen LogP contribution in [0.2, 0.25) is 0 Å². The van der Waals surface area contributed by atoms with Crippen LogP contribution in [0.4, 0.5) is 0 Å². The zero-order chi connectivity index (χ0) is 12.6. The summed E-state index contributed by atoms with van der Waals surface area (Å²) in [6.07, 6.45) is 5.04. The van der Waals surface area contributed by atoms with E-state index in [-0.39, 0.29) is 0 Å². The first-order valence-electron chi connectivity index (χ1n) is 6.51. The third-order valence-electron chi connectivity index (χ3n) is 3.41. The molecule has 0 fully saturated rings. The second-order valence-electron chi connectivity index (χ2n) is 4.63. The Hall–Kier alpha value is -0.570. The van der Waals surface area contributed by atoms with Crippen LogP contribution in [0.25, 0.3) is 0 Å². The molecule has 0 heterocycles. The van der Waals surface area contributed by atoms with Crippen LogP contribution in [-0.2, 0) is 4.79 Å². The number of rotatable bonds is 9. The number of carbonyl (C=O) groups is 1. The monoisotopic (exact) mass is 229 g/mol. The van der Waals surface area contributed by atoms with Crippen LogP contribution in [0.15, 0.2) is 0 Å². The number of hydrogen-bond acceptors (Lipinski definition) is 2. The van der Waals surface area contributed by atoms with E-state index in [0.717, 1.165) is 38.8 Å². The molecule has 0 aromatic carbocycles. The Kier molecular flexibility index (Phi) is 7.39. The van der Waals surface area contributed by atoms with E-state index in [2.05, 4.69) is 18.7 Å². The van der Waals surface area contributed by atoms with Gasteiger partial charge in [0.2, 0.25) is 0 Å². The summed E-state index contributed by atoms with van der Waals surface area (Å²) in [6.45, 7) is 9.88. The minimum absolute atomic E-state index is 0.662. The van der Waals surface area contributed by atoms with Crippen molar-refractivity contribution in [3.05, 3.63) is 0 Å². The lowest BCUT2D eigenvalue weighted by Gasteiger charge is -2.37. The first-order chi connectivity index (χ1) is 7.52. The predicted molar refractivity (Wildman–Crippen MR) is 67.7 cm³/mol. The molecule has 0 aliphatic heterocycles. The van der Waals surface area contributed by atoms with E-state index in [1.807, 2.05) is 13.8 Å². The molecule has 0 radical (unpaired) electrons. The number of carboxylic acid groups (broad SMARTS) is 1. The Morgan fingerprint density at radius 2 is 1.56 bits per heavy atom. The van der Waals surface area contributed by atoms with Crippen molar-refractivity contribution < 1.29 is 9.90 Å². The molecule has 16 heavy (non-hydrogen) atoms. The highest BCUT2D eigenvalue weighted by Crippen LogP contribution is 2.21. The molecule has 0 amide bonds. The quantitative estimate of drug-likeness (QED) is 0.660. The summed E-state index contributed by atoms with van der Waals surface area (Å²) in [5.74, 6) is -0.692. The highest BCUT2D eigenvalue weighted by molar-refractivity contribution is 5.78. The van der Waals surface area contributed by atoms with Gasteiger partial charge in [0.1, 0.15) is 5.54 Å². The number of hydrogen-bond donors (Lipinski definition) is 1. The lowest BCUT2D eigenvalue weighted by atomic mass is 9.95. The summed E-state index contributed by atoms with van der Waals surface area (Å²) in [6, 6.07) is 0. The van der Waals surface area contributed by atoms with Crippen molar-refractivity contribution >= 4 is 5.97 Å². The third-order valence-corrected chi connectivity index (χ3v) is 3.41. The molecule has 96 valence electrons. The molecule has 0 bridgehead atoms. The topological polar surface area (TPSA) is 40.5 Å². The smallest absolute Gasteiger partial charge is 0.323 e. The van der Waals surface area contributed by atoms with Gasteiger partial charge in [0.15, 0.2) is 0 Å². The molecule has 0 aromatic rings. The van der Waals surface area contributed by atoms with Gasteiger partial charge in [-0.3, -0.25) is 9.69 Å². The molecular formula is C13H27NO2. The number of unbranched alkanes of at least 4 members (excludes halogenated alkanes) is 2. The lowest BCUT2D eigenvalue weighted by Crippen LogP contribution is -2.52. The van der Waals surface area contributed by atoms with E-state index >= 15 is 0 Å². The van der Waals surface area contributed by atoms with Gasteiger partial charge in [-0.1, -0.05) is 33.6 Å². The molecule has 1 unspecified atom stereocenters. The zero-order valence-electron chi connectivity index (χ0n) is 11.3. The molecule has 0 spiro atoms. The van der Waals surface area contributed by atoms with Crippen LogP contribution in [0, 0.1) is 0 Å². The molecular weight excluding hydrogens is 202 g/mol. The van der Waals surface area contributed by atoms with Crippen LogP contribution in [0.1, 0.15) is 59.8 Å². The minimum atomic E-state index is -0.692. The van der Waals surface area contributed by atoms with Gasteiger partial charge in [-0.2, -0.15) is 0 Å². The van der Waals surface area contributed by atoms with Crippen molar-refractivity contribution in [2.24, 2.45) is 0 Å². The van der Waals surface area contributed by atoms with Gasteiger partial charge >= 0.3 is 5.97 Å². The normalized spacial score (nSPS) is 15.1. The zero-order valence-corrected chi connectivity index (χ0v) is 11.3. The van der Waals surface area contributed by atoms with Crippen molar-refractivity contribution in [2.45, 2.75) is 65.3 Å². The SMILES string of the molecule is CCCCN(CCCC)C(C)(CC)C(=O)O. The summed E-state index contributed by atoms with van der Waals surface area (Å²) < 4.78 is 0. The van der Waals surface area contributed by atoms with Crippen molar-refractivity contribution in [3.8, 4) is 0 Å². The molecule has 0 aliphatic rings. The second kappa shape index (κ2) is 7.66. The lowest BCUT2D eigenvalue weighted by molar-refractivity contribution is -0.151. The maximum atomic E-state index is 11.4. The van der Waals surface area contributed by atoms with Crippen molar-refractivity contribution in [1.82, 2.24) is 4.90 Å². The maximum Gasteiger partial charge on any atom is 0.323 e. The predicted octanol–water partition coefficient (Wildman–Crippen LogP) is 3.14. The summed E-state index contributed by atoms with van der Waals surface area (Å²) in [7, 11) is 0. The largest absolute Gasteiger partial charge is 0.480 e. The van der Waals surface area contributed by atoms with Crippen LogP contribution >= 0.6 is 0 Å². The molecule has 3 nitrogen and oxygen atoms in total. The van der Waals surface area contributed by atoms with Gasteiger partial charge < -0.3 is 5.11 Å².